The maximum atomic E-state index is 4.44. The summed E-state index contributed by atoms with van der Waals surface area (Å²) >= 11 is 0. The van der Waals surface area contributed by atoms with Gasteiger partial charge in [0.15, 0.2) is 0 Å². The number of hydrogen-bond acceptors (Lipinski definition) is 1. The van der Waals surface area contributed by atoms with Crippen LogP contribution < -0.4 is 0 Å². The second-order valence-electron chi connectivity index (χ2n) is 3.88. The lowest BCUT2D eigenvalue weighted by Crippen LogP contribution is -2.02. The third-order valence-electron chi connectivity index (χ3n) is 2.79. The van der Waals surface area contributed by atoms with Crippen molar-refractivity contribution in [1.82, 2.24) is 4.98 Å². The predicted molar refractivity (Wildman–Crippen MR) is 60.2 cm³/mol. The molecular weight excluding hydrogens is 170 g/mol. The zero-order valence-corrected chi connectivity index (χ0v) is 8.79. The van der Waals surface area contributed by atoms with Crippen molar-refractivity contribution in [3.63, 3.8) is 0 Å². The molecule has 2 rings (SSSR count). The molecule has 1 aliphatic rings. The van der Waals surface area contributed by atoms with Crippen molar-refractivity contribution < 1.29 is 0 Å². The number of nitrogens with zero attached hydrogens (tertiary/aromatic N) is 1. The Balaban J connectivity index is 2.28. The highest BCUT2D eigenvalue weighted by molar-refractivity contribution is 5.58. The summed E-state index contributed by atoms with van der Waals surface area (Å²) in [4.78, 5) is 4.44. The summed E-state index contributed by atoms with van der Waals surface area (Å²) in [6.07, 6.45) is 12.5. The van der Waals surface area contributed by atoms with E-state index in [2.05, 4.69) is 30.1 Å². The summed E-state index contributed by atoms with van der Waals surface area (Å²) in [7, 11) is 0. The van der Waals surface area contributed by atoms with Crippen LogP contribution >= 0.6 is 0 Å². The van der Waals surface area contributed by atoms with E-state index < -0.39 is 0 Å². The average molecular weight is 187 g/mol. The molecule has 1 aromatic heterocycles. The van der Waals surface area contributed by atoms with Crippen LogP contribution in [0.3, 0.4) is 0 Å². The molecule has 0 saturated heterocycles. The molecule has 1 nitrogen and oxygen atoms in total. The van der Waals surface area contributed by atoms with E-state index in [0.717, 1.165) is 12.8 Å². The minimum Gasteiger partial charge on any atom is -0.261 e. The SMILES string of the molecule is CCCCc1ccnc2c1C=CCC2. The molecule has 1 heterocycles. The van der Waals surface area contributed by atoms with E-state index in [1.165, 1.54) is 36.1 Å². The molecule has 0 bridgehead atoms. The molecule has 1 aromatic rings. The predicted octanol–water partition coefficient (Wildman–Crippen LogP) is 3.38. The normalized spacial score (nSPS) is 14.1. The lowest BCUT2D eigenvalue weighted by atomic mass is 9.95. The topological polar surface area (TPSA) is 12.9 Å². The van der Waals surface area contributed by atoms with Crippen molar-refractivity contribution in [3.8, 4) is 0 Å². The molecule has 0 radical (unpaired) electrons. The van der Waals surface area contributed by atoms with Gasteiger partial charge in [0.1, 0.15) is 0 Å². The van der Waals surface area contributed by atoms with Crippen LogP contribution in [0.4, 0.5) is 0 Å². The lowest BCUT2D eigenvalue weighted by molar-refractivity contribution is 0.787. The van der Waals surface area contributed by atoms with Crippen molar-refractivity contribution in [3.05, 3.63) is 35.2 Å². The quantitative estimate of drug-likeness (QED) is 0.707. The number of aromatic nitrogens is 1. The summed E-state index contributed by atoms with van der Waals surface area (Å²) in [5, 5.41) is 0. The van der Waals surface area contributed by atoms with E-state index in [1.54, 1.807) is 0 Å². The number of fused-ring (bicyclic) bond motifs is 1. The lowest BCUT2D eigenvalue weighted by Gasteiger charge is -2.13. The summed E-state index contributed by atoms with van der Waals surface area (Å²) in [6.45, 7) is 2.24. The average Bonchev–Trinajstić information content (AvgIpc) is 2.26. The summed E-state index contributed by atoms with van der Waals surface area (Å²) in [5.74, 6) is 0. The number of pyridine rings is 1. The monoisotopic (exact) mass is 187 g/mol. The Kier molecular flexibility index (Phi) is 2.97. The number of unbranched alkanes of at least 4 members (excludes halogenated alkanes) is 1. The van der Waals surface area contributed by atoms with Crippen LogP contribution in [0.5, 0.6) is 0 Å². The van der Waals surface area contributed by atoms with Gasteiger partial charge < -0.3 is 0 Å². The summed E-state index contributed by atoms with van der Waals surface area (Å²) in [5.41, 5.74) is 4.17. The molecule has 74 valence electrons. The Labute approximate surface area is 85.9 Å². The number of rotatable bonds is 3. The van der Waals surface area contributed by atoms with E-state index in [0.29, 0.717) is 0 Å². The molecule has 0 saturated carbocycles. The summed E-state index contributed by atoms with van der Waals surface area (Å²) < 4.78 is 0. The van der Waals surface area contributed by atoms with Gasteiger partial charge in [-0.25, -0.2) is 0 Å². The fourth-order valence-corrected chi connectivity index (χ4v) is 1.97. The third kappa shape index (κ3) is 1.87. The van der Waals surface area contributed by atoms with Crippen molar-refractivity contribution in [1.29, 1.82) is 0 Å². The van der Waals surface area contributed by atoms with Gasteiger partial charge in [-0.2, -0.15) is 0 Å². The second-order valence-corrected chi connectivity index (χ2v) is 3.88. The molecule has 1 aliphatic carbocycles. The van der Waals surface area contributed by atoms with Crippen LogP contribution in [-0.4, -0.2) is 4.98 Å². The summed E-state index contributed by atoms with van der Waals surface area (Å²) in [6, 6.07) is 2.17. The van der Waals surface area contributed by atoms with Gasteiger partial charge in [-0.05, 0) is 42.9 Å². The highest BCUT2D eigenvalue weighted by atomic mass is 14.7. The number of allylic oxidation sites excluding steroid dienone is 1. The standard InChI is InChI=1S/C13H17N/c1-2-3-6-11-9-10-14-13-8-5-4-7-12(11)13/h4,7,9-10H,2-3,5-6,8H2,1H3. The van der Waals surface area contributed by atoms with Gasteiger partial charge in [0.25, 0.3) is 0 Å². The molecular formula is C13H17N. The molecule has 0 fully saturated rings. The Morgan fingerprint density at radius 3 is 3.21 bits per heavy atom. The molecule has 0 amide bonds. The molecule has 0 aromatic carbocycles. The van der Waals surface area contributed by atoms with E-state index >= 15 is 0 Å². The van der Waals surface area contributed by atoms with E-state index in [1.807, 2.05) is 6.20 Å². The molecule has 1 heteroatoms. The van der Waals surface area contributed by atoms with Gasteiger partial charge in [-0.15, -0.1) is 0 Å². The molecule has 0 unspecified atom stereocenters. The van der Waals surface area contributed by atoms with Gasteiger partial charge >= 0.3 is 0 Å². The van der Waals surface area contributed by atoms with Gasteiger partial charge in [0, 0.05) is 11.9 Å². The first-order valence-corrected chi connectivity index (χ1v) is 5.55. The maximum Gasteiger partial charge on any atom is 0.0481 e. The molecule has 0 atom stereocenters. The maximum absolute atomic E-state index is 4.44. The van der Waals surface area contributed by atoms with E-state index in [-0.39, 0.29) is 0 Å². The van der Waals surface area contributed by atoms with Gasteiger partial charge in [-0.1, -0.05) is 25.5 Å². The first-order chi connectivity index (χ1) is 6.92. The fraction of sp³-hybridized carbons (Fsp3) is 0.462. The van der Waals surface area contributed by atoms with Crippen molar-refractivity contribution in [2.45, 2.75) is 39.0 Å². The Hall–Kier alpha value is -1.11. The van der Waals surface area contributed by atoms with Gasteiger partial charge in [0.2, 0.25) is 0 Å². The Morgan fingerprint density at radius 2 is 2.36 bits per heavy atom. The van der Waals surface area contributed by atoms with Crippen LogP contribution in [0.2, 0.25) is 0 Å². The van der Waals surface area contributed by atoms with Crippen molar-refractivity contribution in [2.24, 2.45) is 0 Å². The molecule has 0 spiro atoms. The van der Waals surface area contributed by atoms with Gasteiger partial charge in [0.05, 0.1) is 0 Å². The highest BCUT2D eigenvalue weighted by Gasteiger charge is 2.09. The zero-order valence-electron chi connectivity index (χ0n) is 8.79. The molecule has 0 N–H and O–H groups in total. The van der Waals surface area contributed by atoms with Crippen LogP contribution in [-0.2, 0) is 12.8 Å². The zero-order chi connectivity index (χ0) is 9.80. The van der Waals surface area contributed by atoms with E-state index in [4.69, 9.17) is 0 Å². The number of hydrogen-bond donors (Lipinski definition) is 0. The van der Waals surface area contributed by atoms with E-state index in [9.17, 15) is 0 Å². The largest absolute Gasteiger partial charge is 0.261 e. The highest BCUT2D eigenvalue weighted by Crippen LogP contribution is 2.21. The Bertz CT molecular complexity index is 339. The third-order valence-corrected chi connectivity index (χ3v) is 2.79. The molecule has 0 aliphatic heterocycles. The van der Waals surface area contributed by atoms with Crippen LogP contribution in [0.25, 0.3) is 6.08 Å². The van der Waals surface area contributed by atoms with Crippen molar-refractivity contribution in [2.75, 3.05) is 0 Å². The van der Waals surface area contributed by atoms with Crippen molar-refractivity contribution >= 4 is 6.08 Å². The minimum absolute atomic E-state index is 1.12. The second kappa shape index (κ2) is 4.41. The van der Waals surface area contributed by atoms with Crippen LogP contribution in [0, 0.1) is 0 Å². The number of aryl methyl sites for hydroxylation is 2. The molecule has 14 heavy (non-hydrogen) atoms. The smallest absolute Gasteiger partial charge is 0.0481 e. The van der Waals surface area contributed by atoms with Gasteiger partial charge in [-0.3, -0.25) is 4.98 Å². The van der Waals surface area contributed by atoms with Crippen LogP contribution in [0.1, 0.15) is 43.0 Å². The first kappa shape index (κ1) is 9.45. The van der Waals surface area contributed by atoms with Crippen LogP contribution in [0.15, 0.2) is 18.3 Å². The fourth-order valence-electron chi connectivity index (χ4n) is 1.97. The Morgan fingerprint density at radius 1 is 1.43 bits per heavy atom. The minimum atomic E-state index is 1.12. The first-order valence-electron chi connectivity index (χ1n) is 5.55.